The summed E-state index contributed by atoms with van der Waals surface area (Å²) in [5, 5.41) is 9.85. The molecule has 0 aromatic carbocycles. The molecule has 2 aliphatic rings. The Bertz CT molecular complexity index is 765. The van der Waals surface area contributed by atoms with Crippen LogP contribution in [-0.2, 0) is 11.6 Å². The van der Waals surface area contributed by atoms with Gasteiger partial charge in [0.1, 0.15) is 23.6 Å². The minimum absolute atomic E-state index is 0.207. The number of aliphatic hydroxyl groups excluding tert-OH is 1. The van der Waals surface area contributed by atoms with Crippen molar-refractivity contribution in [3.8, 4) is 0 Å². The molecule has 0 spiro atoms. The maximum atomic E-state index is 13.3. The highest BCUT2D eigenvalue weighted by molar-refractivity contribution is 5.57. The first-order valence-electron chi connectivity index (χ1n) is 10.6. The number of alkyl halides is 3. The predicted molar refractivity (Wildman–Crippen MR) is 114 cm³/mol. The van der Waals surface area contributed by atoms with Gasteiger partial charge < -0.3 is 14.9 Å². The molecule has 1 N–H and O–H groups in total. The summed E-state index contributed by atoms with van der Waals surface area (Å²) in [5.41, 5.74) is -1.46. The van der Waals surface area contributed by atoms with E-state index in [2.05, 4.69) is 19.9 Å². The number of hydrogen-bond acceptors (Lipinski definition) is 7. The number of piperazine rings is 1. The van der Waals surface area contributed by atoms with E-state index in [1.807, 2.05) is 25.7 Å². The molecular weight excluding hydrogens is 409 g/mol. The lowest BCUT2D eigenvalue weighted by Crippen LogP contribution is -2.47. The van der Waals surface area contributed by atoms with Crippen LogP contribution in [0, 0.1) is 0 Å². The lowest BCUT2D eigenvalue weighted by molar-refractivity contribution is -0.141. The van der Waals surface area contributed by atoms with Gasteiger partial charge in [0.25, 0.3) is 0 Å². The van der Waals surface area contributed by atoms with Gasteiger partial charge in [-0.1, -0.05) is 20.8 Å². The van der Waals surface area contributed by atoms with E-state index in [9.17, 15) is 18.3 Å². The van der Waals surface area contributed by atoms with Gasteiger partial charge in [0.15, 0.2) is 0 Å². The average Bonchev–Trinajstić information content (AvgIpc) is 2.71. The Morgan fingerprint density at radius 1 is 1.03 bits per heavy atom. The van der Waals surface area contributed by atoms with E-state index in [4.69, 9.17) is 0 Å². The van der Waals surface area contributed by atoms with E-state index >= 15 is 0 Å². The van der Waals surface area contributed by atoms with Crippen LogP contribution in [-0.4, -0.2) is 76.7 Å². The number of aliphatic imine (C=N–C) groups is 1. The Balaban J connectivity index is 1.52. The Kier molecular flexibility index (Phi) is 7.20. The Hall–Kier alpha value is -2.20. The molecule has 0 radical (unpaired) electrons. The van der Waals surface area contributed by atoms with Crippen molar-refractivity contribution < 1.29 is 18.3 Å². The first-order chi connectivity index (χ1) is 14.5. The van der Waals surface area contributed by atoms with Crippen molar-refractivity contribution in [1.82, 2.24) is 19.8 Å². The van der Waals surface area contributed by atoms with E-state index in [1.54, 1.807) is 23.5 Å². The van der Waals surface area contributed by atoms with E-state index in [1.165, 1.54) is 0 Å². The zero-order valence-corrected chi connectivity index (χ0v) is 18.3. The highest BCUT2D eigenvalue weighted by Crippen LogP contribution is 2.32. The minimum Gasteiger partial charge on any atom is -0.370 e. The topological polar surface area (TPSA) is 68.1 Å². The molecule has 1 atom stereocenters. The lowest BCUT2D eigenvalue weighted by Gasteiger charge is -2.36. The minimum atomic E-state index is -4.50. The van der Waals surface area contributed by atoms with Gasteiger partial charge >= 0.3 is 6.18 Å². The van der Waals surface area contributed by atoms with Crippen LogP contribution in [0.5, 0.6) is 0 Å². The zero-order chi connectivity index (χ0) is 22.6. The molecule has 7 nitrogen and oxygen atoms in total. The van der Waals surface area contributed by atoms with E-state index in [-0.39, 0.29) is 5.82 Å². The van der Waals surface area contributed by atoms with E-state index in [0.717, 1.165) is 45.1 Å². The fourth-order valence-corrected chi connectivity index (χ4v) is 3.53. The average molecular weight is 441 g/mol. The number of unbranched alkanes of at least 4 members (excludes halogenated alkanes) is 1. The molecule has 0 saturated carbocycles. The van der Waals surface area contributed by atoms with E-state index < -0.39 is 23.5 Å². The highest BCUT2D eigenvalue weighted by Gasteiger charge is 2.36. The molecule has 1 aromatic heterocycles. The summed E-state index contributed by atoms with van der Waals surface area (Å²) < 4.78 is 40.0. The van der Waals surface area contributed by atoms with Gasteiger partial charge in [-0.2, -0.15) is 13.2 Å². The Morgan fingerprint density at radius 2 is 1.71 bits per heavy atom. The maximum Gasteiger partial charge on any atom is 0.433 e. The normalized spacial score (nSPS) is 20.5. The number of hydrogen-bond donors (Lipinski definition) is 1. The SMILES string of the molecule is CC(C)(C)c1nc(N2CCN(CCCCN3C=NC=CC3O)CC2)cc(C(F)(F)F)n1. The molecule has 1 saturated heterocycles. The second kappa shape index (κ2) is 9.52. The smallest absolute Gasteiger partial charge is 0.370 e. The van der Waals surface area contributed by atoms with Crippen molar-refractivity contribution in [3.63, 3.8) is 0 Å². The fraction of sp³-hybridized carbons (Fsp3) is 0.667. The van der Waals surface area contributed by atoms with Crippen LogP contribution in [0.15, 0.2) is 23.3 Å². The summed E-state index contributed by atoms with van der Waals surface area (Å²) >= 11 is 0. The molecule has 0 amide bonds. The predicted octanol–water partition coefficient (Wildman–Crippen LogP) is 2.87. The van der Waals surface area contributed by atoms with Crippen LogP contribution >= 0.6 is 0 Å². The van der Waals surface area contributed by atoms with Gasteiger partial charge in [-0.25, -0.2) is 15.0 Å². The number of aromatic nitrogens is 2. The molecule has 172 valence electrons. The van der Waals surface area contributed by atoms with Gasteiger partial charge in [0.05, 0.1) is 6.34 Å². The van der Waals surface area contributed by atoms with Crippen molar-refractivity contribution in [2.75, 3.05) is 44.2 Å². The number of rotatable bonds is 6. The Morgan fingerprint density at radius 3 is 2.32 bits per heavy atom. The van der Waals surface area contributed by atoms with Gasteiger partial charge in [-0.3, -0.25) is 4.90 Å². The van der Waals surface area contributed by atoms with Gasteiger partial charge in [-0.15, -0.1) is 0 Å². The maximum absolute atomic E-state index is 13.3. The second-order valence-electron chi connectivity index (χ2n) is 8.98. The summed E-state index contributed by atoms with van der Waals surface area (Å²) in [6.07, 6.45) is 1.65. The molecule has 0 aliphatic carbocycles. The summed E-state index contributed by atoms with van der Waals surface area (Å²) in [6, 6.07) is 1.06. The number of anilines is 1. The third-order valence-electron chi connectivity index (χ3n) is 5.41. The molecule has 1 fully saturated rings. The third kappa shape index (κ3) is 6.39. The van der Waals surface area contributed by atoms with E-state index in [0.29, 0.717) is 18.9 Å². The number of nitrogens with zero attached hydrogens (tertiary/aromatic N) is 6. The van der Waals surface area contributed by atoms with Crippen LogP contribution in [0.4, 0.5) is 19.0 Å². The van der Waals surface area contributed by atoms with Crippen molar-refractivity contribution >= 4 is 12.2 Å². The third-order valence-corrected chi connectivity index (χ3v) is 5.41. The first-order valence-corrected chi connectivity index (χ1v) is 10.6. The van der Waals surface area contributed by atoms with Crippen LogP contribution < -0.4 is 4.90 Å². The summed E-state index contributed by atoms with van der Waals surface area (Å²) in [4.78, 5) is 18.3. The van der Waals surface area contributed by atoms with Gasteiger partial charge in [0.2, 0.25) is 0 Å². The quantitative estimate of drug-likeness (QED) is 0.687. The molecule has 1 aromatic rings. The van der Waals surface area contributed by atoms with Crippen LogP contribution in [0.1, 0.15) is 45.1 Å². The summed E-state index contributed by atoms with van der Waals surface area (Å²) in [7, 11) is 0. The molecule has 31 heavy (non-hydrogen) atoms. The molecule has 3 rings (SSSR count). The fourth-order valence-electron chi connectivity index (χ4n) is 3.53. The van der Waals surface area contributed by atoms with Crippen molar-refractivity contribution in [2.45, 2.75) is 51.4 Å². The summed E-state index contributed by atoms with van der Waals surface area (Å²) in [6.45, 7) is 9.88. The van der Waals surface area contributed by atoms with Crippen molar-refractivity contribution in [1.29, 1.82) is 0 Å². The standard InChI is InChI=1S/C21H31F3N6O/c1-20(2,3)19-26-16(21(22,23)24)14-17(27-19)29-12-10-28(11-13-29)8-4-5-9-30-15-25-7-6-18(30)31/h6-7,14-15,18,31H,4-5,8-13H2,1-3H3. The largest absolute Gasteiger partial charge is 0.433 e. The number of halogens is 3. The lowest BCUT2D eigenvalue weighted by atomic mass is 9.95. The molecule has 2 aliphatic heterocycles. The zero-order valence-electron chi connectivity index (χ0n) is 18.3. The molecule has 10 heteroatoms. The van der Waals surface area contributed by atoms with Crippen LogP contribution in [0.2, 0.25) is 0 Å². The number of aliphatic hydroxyl groups is 1. The molecule has 1 unspecified atom stereocenters. The first kappa shape index (κ1) is 23.5. The van der Waals surface area contributed by atoms with Crippen molar-refractivity contribution in [3.05, 3.63) is 29.9 Å². The summed E-state index contributed by atoms with van der Waals surface area (Å²) in [5.74, 6) is 0.552. The van der Waals surface area contributed by atoms with Gasteiger partial charge in [0, 0.05) is 50.4 Å². The molecule has 3 heterocycles. The monoisotopic (exact) mass is 440 g/mol. The molecule has 0 bridgehead atoms. The Labute approximate surface area is 181 Å². The van der Waals surface area contributed by atoms with Crippen molar-refractivity contribution in [2.24, 2.45) is 4.99 Å². The highest BCUT2D eigenvalue weighted by atomic mass is 19.4. The van der Waals surface area contributed by atoms with Gasteiger partial charge in [-0.05, 0) is 25.5 Å². The van der Waals surface area contributed by atoms with Crippen LogP contribution in [0.25, 0.3) is 0 Å². The van der Waals surface area contributed by atoms with Crippen LogP contribution in [0.3, 0.4) is 0 Å². The second-order valence-corrected chi connectivity index (χ2v) is 8.98. The molecular formula is C21H31F3N6O.